The zero-order valence-electron chi connectivity index (χ0n) is 8.30. The molecule has 1 aromatic rings. The van der Waals surface area contributed by atoms with Crippen LogP contribution in [-0.4, -0.2) is 35.6 Å². The van der Waals surface area contributed by atoms with Crippen molar-refractivity contribution in [3.8, 4) is 0 Å². The molecule has 0 atom stereocenters. The van der Waals surface area contributed by atoms with Crippen molar-refractivity contribution in [2.24, 2.45) is 0 Å². The Morgan fingerprint density at radius 2 is 1.93 bits per heavy atom. The van der Waals surface area contributed by atoms with Gasteiger partial charge in [0.25, 0.3) is 0 Å². The van der Waals surface area contributed by atoms with Crippen molar-refractivity contribution in [3.63, 3.8) is 0 Å². The summed E-state index contributed by atoms with van der Waals surface area (Å²) in [4.78, 5) is 22.8. The quantitative estimate of drug-likeness (QED) is 0.785. The SMILES string of the molecule is CN(CC(=O)O)C(=O)Nc1ccccc1. The van der Waals surface area contributed by atoms with Gasteiger partial charge < -0.3 is 15.3 Å². The number of carboxylic acids is 1. The highest BCUT2D eigenvalue weighted by Gasteiger charge is 2.11. The van der Waals surface area contributed by atoms with Crippen molar-refractivity contribution in [2.75, 3.05) is 18.9 Å². The molecule has 80 valence electrons. The Morgan fingerprint density at radius 1 is 1.33 bits per heavy atom. The van der Waals surface area contributed by atoms with Gasteiger partial charge in [0.2, 0.25) is 0 Å². The zero-order chi connectivity index (χ0) is 11.3. The number of likely N-dealkylation sites (N-methyl/N-ethyl adjacent to an activating group) is 1. The molecule has 15 heavy (non-hydrogen) atoms. The average molecular weight is 208 g/mol. The molecule has 0 bridgehead atoms. The van der Waals surface area contributed by atoms with E-state index in [9.17, 15) is 9.59 Å². The number of urea groups is 1. The summed E-state index contributed by atoms with van der Waals surface area (Å²) < 4.78 is 0. The molecule has 0 spiro atoms. The Hall–Kier alpha value is -2.04. The fourth-order valence-electron chi connectivity index (χ4n) is 1.02. The molecule has 0 unspecified atom stereocenters. The number of nitrogens with zero attached hydrogens (tertiary/aromatic N) is 1. The highest BCUT2D eigenvalue weighted by atomic mass is 16.4. The zero-order valence-corrected chi connectivity index (χ0v) is 8.30. The van der Waals surface area contributed by atoms with Crippen molar-refractivity contribution < 1.29 is 14.7 Å². The number of benzene rings is 1. The maximum atomic E-state index is 11.4. The summed E-state index contributed by atoms with van der Waals surface area (Å²) >= 11 is 0. The van der Waals surface area contributed by atoms with Crippen LogP contribution in [0.3, 0.4) is 0 Å². The number of hydrogen-bond donors (Lipinski definition) is 2. The lowest BCUT2D eigenvalue weighted by molar-refractivity contribution is -0.137. The summed E-state index contributed by atoms with van der Waals surface area (Å²) in [7, 11) is 1.42. The summed E-state index contributed by atoms with van der Waals surface area (Å²) in [6.07, 6.45) is 0. The van der Waals surface area contributed by atoms with E-state index < -0.39 is 12.0 Å². The fourth-order valence-corrected chi connectivity index (χ4v) is 1.02. The van der Waals surface area contributed by atoms with Gasteiger partial charge in [-0.2, -0.15) is 0 Å². The van der Waals surface area contributed by atoms with E-state index in [1.165, 1.54) is 7.05 Å². The lowest BCUT2D eigenvalue weighted by Gasteiger charge is -2.15. The van der Waals surface area contributed by atoms with Gasteiger partial charge in [-0.3, -0.25) is 4.79 Å². The fraction of sp³-hybridized carbons (Fsp3) is 0.200. The Bertz CT molecular complexity index is 351. The normalized spacial score (nSPS) is 9.40. The van der Waals surface area contributed by atoms with Gasteiger partial charge in [0.15, 0.2) is 0 Å². The number of rotatable bonds is 3. The van der Waals surface area contributed by atoms with Gasteiger partial charge in [0.1, 0.15) is 6.54 Å². The second-order valence-corrected chi connectivity index (χ2v) is 3.05. The summed E-state index contributed by atoms with van der Waals surface area (Å²) in [5.41, 5.74) is 0.639. The molecule has 2 amide bonds. The Labute approximate surface area is 87.3 Å². The van der Waals surface area contributed by atoms with E-state index in [1.54, 1.807) is 24.3 Å². The van der Waals surface area contributed by atoms with Crippen molar-refractivity contribution >= 4 is 17.7 Å². The Kier molecular flexibility index (Phi) is 3.68. The van der Waals surface area contributed by atoms with E-state index in [2.05, 4.69) is 5.32 Å². The summed E-state index contributed by atoms with van der Waals surface area (Å²) in [6.45, 7) is -0.321. The third-order valence-corrected chi connectivity index (χ3v) is 1.74. The van der Waals surface area contributed by atoms with Gasteiger partial charge in [-0.15, -0.1) is 0 Å². The van der Waals surface area contributed by atoms with Crippen molar-refractivity contribution in [3.05, 3.63) is 30.3 Å². The lowest BCUT2D eigenvalue weighted by atomic mass is 10.3. The minimum atomic E-state index is -1.04. The molecule has 0 aliphatic carbocycles. The van der Waals surface area contributed by atoms with E-state index in [0.29, 0.717) is 5.69 Å². The molecule has 0 aliphatic heterocycles. The number of carbonyl (C=O) groups is 2. The minimum Gasteiger partial charge on any atom is -0.480 e. The van der Waals surface area contributed by atoms with Crippen LogP contribution in [0.2, 0.25) is 0 Å². The molecule has 0 saturated carbocycles. The molecule has 1 aromatic carbocycles. The van der Waals surface area contributed by atoms with E-state index in [4.69, 9.17) is 5.11 Å². The minimum absolute atomic E-state index is 0.321. The van der Waals surface area contributed by atoms with Crippen molar-refractivity contribution in [1.82, 2.24) is 4.90 Å². The van der Waals surface area contributed by atoms with E-state index in [-0.39, 0.29) is 6.54 Å². The van der Waals surface area contributed by atoms with Gasteiger partial charge in [-0.1, -0.05) is 18.2 Å². The smallest absolute Gasteiger partial charge is 0.323 e. The van der Waals surface area contributed by atoms with E-state index in [1.807, 2.05) is 6.07 Å². The van der Waals surface area contributed by atoms with Crippen LogP contribution in [0.25, 0.3) is 0 Å². The first kappa shape index (κ1) is 11.0. The van der Waals surface area contributed by atoms with Gasteiger partial charge in [0, 0.05) is 12.7 Å². The number of carboxylic acid groups (broad SMARTS) is 1. The monoisotopic (exact) mass is 208 g/mol. The number of nitrogens with one attached hydrogen (secondary N) is 1. The first-order valence-corrected chi connectivity index (χ1v) is 4.38. The second-order valence-electron chi connectivity index (χ2n) is 3.05. The molecule has 0 saturated heterocycles. The van der Waals surface area contributed by atoms with Crippen molar-refractivity contribution in [1.29, 1.82) is 0 Å². The molecule has 1 rings (SSSR count). The number of amides is 2. The molecule has 0 heterocycles. The number of anilines is 1. The number of para-hydroxylation sites is 1. The number of carbonyl (C=O) groups excluding carboxylic acids is 1. The van der Waals surface area contributed by atoms with E-state index >= 15 is 0 Å². The first-order valence-electron chi connectivity index (χ1n) is 4.38. The maximum Gasteiger partial charge on any atom is 0.323 e. The predicted molar refractivity (Wildman–Crippen MR) is 55.7 cm³/mol. The molecule has 0 aromatic heterocycles. The largest absolute Gasteiger partial charge is 0.480 e. The molecular formula is C10H12N2O3. The Morgan fingerprint density at radius 3 is 2.47 bits per heavy atom. The summed E-state index contributed by atoms with van der Waals surface area (Å²) in [5.74, 6) is -1.04. The average Bonchev–Trinajstić information content (AvgIpc) is 2.18. The standard InChI is InChI=1S/C10H12N2O3/c1-12(7-9(13)14)10(15)11-8-5-3-2-4-6-8/h2-6H,7H2,1H3,(H,11,15)(H,13,14). The molecule has 5 heteroatoms. The Balaban J connectivity index is 2.52. The van der Waals surface area contributed by atoms with E-state index in [0.717, 1.165) is 4.90 Å². The third kappa shape index (κ3) is 3.68. The summed E-state index contributed by atoms with van der Waals surface area (Å²) in [6, 6.07) is 8.42. The molecular weight excluding hydrogens is 196 g/mol. The van der Waals surface area contributed by atoms with Gasteiger partial charge in [-0.25, -0.2) is 4.79 Å². The molecule has 0 fully saturated rings. The molecule has 0 radical (unpaired) electrons. The van der Waals surface area contributed by atoms with Crippen LogP contribution in [0.5, 0.6) is 0 Å². The second kappa shape index (κ2) is 4.99. The molecule has 2 N–H and O–H groups in total. The third-order valence-electron chi connectivity index (χ3n) is 1.74. The van der Waals surface area contributed by atoms with Crippen LogP contribution in [-0.2, 0) is 4.79 Å². The first-order chi connectivity index (χ1) is 7.09. The van der Waals surface area contributed by atoms with Gasteiger partial charge >= 0.3 is 12.0 Å². The van der Waals surface area contributed by atoms with Crippen LogP contribution in [0.1, 0.15) is 0 Å². The van der Waals surface area contributed by atoms with Crippen LogP contribution in [0.4, 0.5) is 10.5 Å². The predicted octanol–water partition coefficient (Wildman–Crippen LogP) is 1.23. The van der Waals surface area contributed by atoms with Crippen LogP contribution in [0, 0.1) is 0 Å². The van der Waals surface area contributed by atoms with Gasteiger partial charge in [0.05, 0.1) is 0 Å². The maximum absolute atomic E-state index is 11.4. The number of hydrogen-bond acceptors (Lipinski definition) is 2. The topological polar surface area (TPSA) is 69.6 Å². The summed E-state index contributed by atoms with van der Waals surface area (Å²) in [5, 5.41) is 11.0. The molecule has 0 aliphatic rings. The van der Waals surface area contributed by atoms with Crippen LogP contribution in [0.15, 0.2) is 30.3 Å². The lowest BCUT2D eigenvalue weighted by Crippen LogP contribution is -2.35. The number of aliphatic carboxylic acids is 1. The van der Waals surface area contributed by atoms with Gasteiger partial charge in [-0.05, 0) is 12.1 Å². The highest BCUT2D eigenvalue weighted by molar-refractivity contribution is 5.91. The van der Waals surface area contributed by atoms with Crippen LogP contribution < -0.4 is 5.32 Å². The molecule has 5 nitrogen and oxygen atoms in total. The van der Waals surface area contributed by atoms with Crippen LogP contribution >= 0.6 is 0 Å². The highest BCUT2D eigenvalue weighted by Crippen LogP contribution is 2.05. The van der Waals surface area contributed by atoms with Crippen molar-refractivity contribution in [2.45, 2.75) is 0 Å².